The molecule has 104 valence electrons. The zero-order valence-electron chi connectivity index (χ0n) is 11.5. The Morgan fingerprint density at radius 2 is 2.05 bits per heavy atom. The smallest absolute Gasteiger partial charge is 0.339 e. The molecule has 19 heavy (non-hydrogen) atoms. The van der Waals surface area contributed by atoms with Crippen LogP contribution in [-0.2, 0) is 9.53 Å². The molecule has 1 aromatic heterocycles. The Balaban J connectivity index is 3.10. The van der Waals surface area contributed by atoms with Crippen LogP contribution in [0.4, 0.5) is 5.82 Å². The zero-order chi connectivity index (χ0) is 14.6. The van der Waals surface area contributed by atoms with Crippen LogP contribution in [0.5, 0.6) is 0 Å². The number of carbonyl (C=O) groups is 2. The van der Waals surface area contributed by atoms with Crippen LogP contribution in [0.2, 0.25) is 0 Å². The van der Waals surface area contributed by atoms with Crippen molar-refractivity contribution >= 4 is 17.8 Å². The van der Waals surface area contributed by atoms with E-state index >= 15 is 0 Å². The van der Waals surface area contributed by atoms with Crippen LogP contribution in [0.25, 0.3) is 0 Å². The first kappa shape index (κ1) is 14.9. The lowest BCUT2D eigenvalue weighted by molar-refractivity contribution is -0.135. The number of aromatic nitrogens is 1. The maximum atomic E-state index is 11.5. The van der Waals surface area contributed by atoms with Crippen molar-refractivity contribution in [2.75, 3.05) is 18.6 Å². The van der Waals surface area contributed by atoms with Gasteiger partial charge in [0.25, 0.3) is 0 Å². The minimum absolute atomic E-state index is 0.00743. The number of hydrogen-bond donors (Lipinski definition) is 1. The first-order chi connectivity index (χ1) is 8.86. The lowest BCUT2D eigenvalue weighted by atomic mass is 10.2. The Hall–Kier alpha value is -2.11. The molecule has 0 fully saturated rings. The normalized spacial score (nSPS) is 10.4. The molecule has 0 aliphatic rings. The number of aryl methyl sites for hydroxylation is 1. The third-order valence-electron chi connectivity index (χ3n) is 2.70. The number of aliphatic carboxylic acids is 1. The summed E-state index contributed by atoms with van der Waals surface area (Å²) in [6.45, 7) is 5.32. The van der Waals surface area contributed by atoms with Crippen LogP contribution in [0.3, 0.4) is 0 Å². The van der Waals surface area contributed by atoms with Crippen LogP contribution in [0.1, 0.15) is 29.9 Å². The average molecular weight is 266 g/mol. The monoisotopic (exact) mass is 266 g/mol. The van der Waals surface area contributed by atoms with E-state index in [9.17, 15) is 9.59 Å². The second-order valence-corrected chi connectivity index (χ2v) is 4.41. The number of hydrogen-bond acceptors (Lipinski definition) is 5. The number of carboxylic acids is 1. The molecule has 0 aromatic carbocycles. The first-order valence-electron chi connectivity index (χ1n) is 5.91. The van der Waals surface area contributed by atoms with E-state index in [0.29, 0.717) is 17.1 Å². The molecule has 0 aliphatic heterocycles. The van der Waals surface area contributed by atoms with Gasteiger partial charge in [0.05, 0.1) is 18.4 Å². The highest BCUT2D eigenvalue weighted by Crippen LogP contribution is 2.17. The fourth-order valence-electron chi connectivity index (χ4n) is 1.71. The van der Waals surface area contributed by atoms with E-state index in [2.05, 4.69) is 9.72 Å². The Labute approximate surface area is 112 Å². The Morgan fingerprint density at radius 3 is 2.47 bits per heavy atom. The number of esters is 1. The van der Waals surface area contributed by atoms with Crippen molar-refractivity contribution in [3.8, 4) is 0 Å². The van der Waals surface area contributed by atoms with Crippen molar-refractivity contribution < 1.29 is 19.4 Å². The summed E-state index contributed by atoms with van der Waals surface area (Å²) in [6.07, 6.45) is 0. The number of carbonyl (C=O) groups excluding carboxylic acids is 1. The predicted octanol–water partition coefficient (Wildman–Crippen LogP) is 1.48. The lowest BCUT2D eigenvalue weighted by Crippen LogP contribution is -2.36. The summed E-state index contributed by atoms with van der Waals surface area (Å²) in [5.74, 6) is -0.848. The van der Waals surface area contributed by atoms with E-state index in [1.807, 2.05) is 13.8 Å². The van der Waals surface area contributed by atoms with Crippen molar-refractivity contribution in [3.05, 3.63) is 23.4 Å². The van der Waals surface area contributed by atoms with Crippen molar-refractivity contribution in [1.82, 2.24) is 4.98 Å². The lowest BCUT2D eigenvalue weighted by Gasteiger charge is -2.26. The molecular weight excluding hydrogens is 248 g/mol. The highest BCUT2D eigenvalue weighted by molar-refractivity contribution is 5.90. The van der Waals surface area contributed by atoms with E-state index in [4.69, 9.17) is 5.11 Å². The van der Waals surface area contributed by atoms with E-state index in [0.717, 1.165) is 0 Å². The highest BCUT2D eigenvalue weighted by atomic mass is 16.5. The summed E-state index contributed by atoms with van der Waals surface area (Å²) in [5, 5.41) is 8.90. The molecule has 1 N–H and O–H groups in total. The SMILES string of the molecule is COC(=O)c1ccc(N(CC(=O)O)C(C)C)nc1C. The Kier molecular flexibility index (Phi) is 4.86. The molecule has 6 nitrogen and oxygen atoms in total. The van der Waals surface area contributed by atoms with Gasteiger partial charge in [-0.05, 0) is 32.9 Å². The highest BCUT2D eigenvalue weighted by Gasteiger charge is 2.18. The topological polar surface area (TPSA) is 79.7 Å². The van der Waals surface area contributed by atoms with Crippen LogP contribution in [0, 0.1) is 6.92 Å². The number of methoxy groups -OCH3 is 1. The summed E-state index contributed by atoms with van der Waals surface area (Å²) in [6, 6.07) is 3.22. The van der Waals surface area contributed by atoms with Gasteiger partial charge in [-0.2, -0.15) is 0 Å². The van der Waals surface area contributed by atoms with Gasteiger partial charge < -0.3 is 14.7 Å². The van der Waals surface area contributed by atoms with Gasteiger partial charge in [-0.1, -0.05) is 0 Å². The molecule has 0 unspecified atom stereocenters. The quantitative estimate of drug-likeness (QED) is 0.813. The molecule has 0 atom stereocenters. The molecule has 0 saturated carbocycles. The molecule has 0 spiro atoms. The zero-order valence-corrected chi connectivity index (χ0v) is 11.5. The molecule has 1 heterocycles. The maximum Gasteiger partial charge on any atom is 0.339 e. The van der Waals surface area contributed by atoms with E-state index in [1.54, 1.807) is 24.0 Å². The van der Waals surface area contributed by atoms with E-state index < -0.39 is 11.9 Å². The van der Waals surface area contributed by atoms with Gasteiger partial charge in [-0.3, -0.25) is 4.79 Å². The Morgan fingerprint density at radius 1 is 1.42 bits per heavy atom. The summed E-state index contributed by atoms with van der Waals surface area (Å²) in [5.41, 5.74) is 0.894. The van der Waals surface area contributed by atoms with Gasteiger partial charge in [0.1, 0.15) is 12.4 Å². The molecule has 1 rings (SSSR count). The van der Waals surface area contributed by atoms with Crippen molar-refractivity contribution in [2.24, 2.45) is 0 Å². The van der Waals surface area contributed by atoms with Crippen LogP contribution in [0.15, 0.2) is 12.1 Å². The van der Waals surface area contributed by atoms with Crippen molar-refractivity contribution in [3.63, 3.8) is 0 Å². The second kappa shape index (κ2) is 6.17. The van der Waals surface area contributed by atoms with Gasteiger partial charge in [0.15, 0.2) is 0 Å². The number of nitrogens with zero attached hydrogens (tertiary/aromatic N) is 2. The van der Waals surface area contributed by atoms with Crippen molar-refractivity contribution in [2.45, 2.75) is 26.8 Å². The number of rotatable bonds is 5. The summed E-state index contributed by atoms with van der Waals surface area (Å²) >= 11 is 0. The van der Waals surface area contributed by atoms with Gasteiger partial charge in [-0.15, -0.1) is 0 Å². The minimum Gasteiger partial charge on any atom is -0.480 e. The average Bonchev–Trinajstić information content (AvgIpc) is 2.34. The van der Waals surface area contributed by atoms with Gasteiger partial charge in [0.2, 0.25) is 0 Å². The molecule has 0 bridgehead atoms. The number of carboxylic acid groups (broad SMARTS) is 1. The Bertz CT molecular complexity index is 486. The van der Waals surface area contributed by atoms with Gasteiger partial charge in [-0.25, -0.2) is 9.78 Å². The molecule has 0 amide bonds. The van der Waals surface area contributed by atoms with Crippen LogP contribution in [-0.4, -0.2) is 41.7 Å². The fourth-order valence-corrected chi connectivity index (χ4v) is 1.71. The fraction of sp³-hybridized carbons (Fsp3) is 0.462. The summed E-state index contributed by atoms with van der Waals surface area (Å²) in [7, 11) is 1.31. The summed E-state index contributed by atoms with van der Waals surface area (Å²) < 4.78 is 4.64. The molecule has 0 saturated heterocycles. The largest absolute Gasteiger partial charge is 0.480 e. The standard InChI is InChI=1S/C13H18N2O4/c1-8(2)15(7-12(16)17)11-6-5-10(9(3)14-11)13(18)19-4/h5-6,8H,7H2,1-4H3,(H,16,17). The second-order valence-electron chi connectivity index (χ2n) is 4.41. The van der Waals surface area contributed by atoms with Gasteiger partial charge >= 0.3 is 11.9 Å². The molecule has 0 radical (unpaired) electrons. The third kappa shape index (κ3) is 3.67. The first-order valence-corrected chi connectivity index (χ1v) is 5.91. The number of pyridine rings is 1. The number of ether oxygens (including phenoxy) is 1. The molecular formula is C13H18N2O4. The van der Waals surface area contributed by atoms with E-state index in [1.165, 1.54) is 7.11 Å². The predicted molar refractivity (Wildman–Crippen MR) is 70.4 cm³/mol. The molecule has 6 heteroatoms. The minimum atomic E-state index is -0.926. The van der Waals surface area contributed by atoms with Gasteiger partial charge in [0, 0.05) is 6.04 Å². The van der Waals surface area contributed by atoms with Crippen molar-refractivity contribution in [1.29, 1.82) is 0 Å². The molecule has 1 aromatic rings. The molecule has 0 aliphatic carbocycles. The van der Waals surface area contributed by atoms with Crippen LogP contribution < -0.4 is 4.90 Å². The maximum absolute atomic E-state index is 11.5. The van der Waals surface area contributed by atoms with E-state index in [-0.39, 0.29) is 12.6 Å². The number of anilines is 1. The third-order valence-corrected chi connectivity index (χ3v) is 2.70. The summed E-state index contributed by atoms with van der Waals surface area (Å²) in [4.78, 5) is 28.2. The van der Waals surface area contributed by atoms with Crippen LogP contribution >= 0.6 is 0 Å².